The van der Waals surface area contributed by atoms with Gasteiger partial charge in [0.1, 0.15) is 5.82 Å². The predicted octanol–water partition coefficient (Wildman–Crippen LogP) is 0.753. The van der Waals surface area contributed by atoms with Gasteiger partial charge in [0.15, 0.2) is 0 Å². The quantitative estimate of drug-likeness (QED) is 0.886. The molecule has 0 radical (unpaired) electrons. The number of hydrogen-bond acceptors (Lipinski definition) is 5. The second-order valence-electron chi connectivity index (χ2n) is 6.14. The van der Waals surface area contributed by atoms with Crippen LogP contribution >= 0.6 is 0 Å². The van der Waals surface area contributed by atoms with Crippen molar-refractivity contribution >= 4 is 11.8 Å². The smallest absolute Gasteiger partial charge is 0.317 e. The molecule has 1 N–H and O–H groups in total. The summed E-state index contributed by atoms with van der Waals surface area (Å²) in [6.45, 7) is 6.01. The van der Waals surface area contributed by atoms with Crippen molar-refractivity contribution in [3.8, 4) is 0 Å². The molecular formula is C16H24N4O2. The van der Waals surface area contributed by atoms with Gasteiger partial charge in [-0.25, -0.2) is 4.98 Å². The number of carboxylic acids is 1. The van der Waals surface area contributed by atoms with Gasteiger partial charge in [0.25, 0.3) is 0 Å². The molecule has 2 fully saturated rings. The molecule has 3 rings (SSSR count). The van der Waals surface area contributed by atoms with E-state index in [1.54, 1.807) is 0 Å². The molecule has 120 valence electrons. The number of aliphatic carboxylic acids is 1. The number of rotatable bonds is 4. The second-order valence-corrected chi connectivity index (χ2v) is 6.14. The van der Waals surface area contributed by atoms with E-state index >= 15 is 0 Å². The van der Waals surface area contributed by atoms with E-state index < -0.39 is 5.97 Å². The summed E-state index contributed by atoms with van der Waals surface area (Å²) in [5.74, 6) is 0.332. The van der Waals surface area contributed by atoms with E-state index in [4.69, 9.17) is 5.11 Å². The third-order valence-corrected chi connectivity index (χ3v) is 4.64. The number of hydrogen-bond donors (Lipinski definition) is 1. The highest BCUT2D eigenvalue weighted by molar-refractivity contribution is 5.69. The van der Waals surface area contributed by atoms with Gasteiger partial charge in [-0.1, -0.05) is 6.07 Å². The van der Waals surface area contributed by atoms with Gasteiger partial charge in [-0.2, -0.15) is 0 Å². The number of aromatic nitrogens is 1. The van der Waals surface area contributed by atoms with E-state index in [0.717, 1.165) is 51.5 Å². The minimum absolute atomic E-state index is 0.171. The molecule has 1 aromatic heterocycles. The molecule has 1 atom stereocenters. The van der Waals surface area contributed by atoms with Crippen LogP contribution in [0.3, 0.4) is 0 Å². The van der Waals surface area contributed by atoms with Gasteiger partial charge >= 0.3 is 5.97 Å². The van der Waals surface area contributed by atoms with Gasteiger partial charge < -0.3 is 10.0 Å². The summed E-state index contributed by atoms with van der Waals surface area (Å²) in [6.07, 6.45) is 4.12. The van der Waals surface area contributed by atoms with Crippen molar-refractivity contribution in [2.75, 3.05) is 50.7 Å². The van der Waals surface area contributed by atoms with E-state index in [9.17, 15) is 4.79 Å². The number of likely N-dealkylation sites (tertiary alicyclic amines) is 1. The van der Waals surface area contributed by atoms with E-state index in [0.29, 0.717) is 6.04 Å². The fourth-order valence-corrected chi connectivity index (χ4v) is 3.52. The normalized spacial score (nSPS) is 24.4. The first kappa shape index (κ1) is 15.2. The standard InChI is InChI=1S/C16H24N4O2/c21-16(22)13-18-7-3-4-14(12-18)19-8-10-20(11-9-19)15-5-1-2-6-17-15/h1-2,5-6,14H,3-4,7-13H2,(H,21,22). The molecule has 2 aliphatic heterocycles. The molecule has 0 aliphatic carbocycles. The molecule has 6 heteroatoms. The van der Waals surface area contributed by atoms with Gasteiger partial charge in [0.2, 0.25) is 0 Å². The highest BCUT2D eigenvalue weighted by Gasteiger charge is 2.28. The van der Waals surface area contributed by atoms with Crippen LogP contribution in [0.1, 0.15) is 12.8 Å². The number of pyridine rings is 1. The molecule has 1 unspecified atom stereocenters. The maximum Gasteiger partial charge on any atom is 0.317 e. The molecule has 0 aromatic carbocycles. The third kappa shape index (κ3) is 3.75. The maximum absolute atomic E-state index is 10.9. The molecule has 0 amide bonds. The van der Waals surface area contributed by atoms with Crippen molar-refractivity contribution in [3.63, 3.8) is 0 Å². The van der Waals surface area contributed by atoms with E-state index in [1.807, 2.05) is 18.3 Å². The Balaban J connectivity index is 1.51. The predicted molar refractivity (Wildman–Crippen MR) is 85.1 cm³/mol. The first-order valence-electron chi connectivity index (χ1n) is 8.06. The first-order valence-corrected chi connectivity index (χ1v) is 8.06. The average Bonchev–Trinajstić information content (AvgIpc) is 2.55. The lowest BCUT2D eigenvalue weighted by atomic mass is 10.0. The first-order chi connectivity index (χ1) is 10.7. The van der Waals surface area contributed by atoms with Gasteiger partial charge in [-0.3, -0.25) is 14.6 Å². The van der Waals surface area contributed by atoms with Crippen LogP contribution in [0.4, 0.5) is 5.82 Å². The molecule has 0 spiro atoms. The fraction of sp³-hybridized carbons (Fsp3) is 0.625. The lowest BCUT2D eigenvalue weighted by Gasteiger charge is -2.43. The van der Waals surface area contributed by atoms with E-state index in [-0.39, 0.29) is 6.54 Å². The Morgan fingerprint density at radius 2 is 2.05 bits per heavy atom. The van der Waals surface area contributed by atoms with Crippen LogP contribution in [0, 0.1) is 0 Å². The van der Waals surface area contributed by atoms with Crippen molar-refractivity contribution < 1.29 is 9.90 Å². The molecule has 2 saturated heterocycles. The van der Waals surface area contributed by atoms with Crippen LogP contribution in [0.15, 0.2) is 24.4 Å². The summed E-state index contributed by atoms with van der Waals surface area (Å²) >= 11 is 0. The Morgan fingerprint density at radius 1 is 1.23 bits per heavy atom. The minimum Gasteiger partial charge on any atom is -0.480 e. The van der Waals surface area contributed by atoms with Gasteiger partial charge in [0, 0.05) is 45.0 Å². The Hall–Kier alpha value is -1.66. The topological polar surface area (TPSA) is 59.9 Å². The summed E-state index contributed by atoms with van der Waals surface area (Å²) in [5.41, 5.74) is 0. The van der Waals surface area contributed by atoms with Crippen LogP contribution in [-0.2, 0) is 4.79 Å². The van der Waals surface area contributed by atoms with Gasteiger partial charge in [-0.15, -0.1) is 0 Å². The number of carboxylic acid groups (broad SMARTS) is 1. The lowest BCUT2D eigenvalue weighted by Crippen LogP contribution is -2.55. The minimum atomic E-state index is -0.722. The summed E-state index contributed by atoms with van der Waals surface area (Å²) in [7, 11) is 0. The number of piperazine rings is 1. The number of nitrogens with zero attached hydrogens (tertiary/aromatic N) is 4. The largest absolute Gasteiger partial charge is 0.480 e. The summed E-state index contributed by atoms with van der Waals surface area (Å²) in [4.78, 5) is 22.2. The second kappa shape index (κ2) is 7.07. The SMILES string of the molecule is O=C(O)CN1CCCC(N2CCN(c3ccccn3)CC2)C1. The Labute approximate surface area is 131 Å². The van der Waals surface area contributed by atoms with Crippen molar-refractivity contribution in [1.82, 2.24) is 14.8 Å². The Kier molecular flexibility index (Phi) is 4.90. The molecule has 6 nitrogen and oxygen atoms in total. The number of anilines is 1. The molecule has 22 heavy (non-hydrogen) atoms. The summed E-state index contributed by atoms with van der Waals surface area (Å²) < 4.78 is 0. The van der Waals surface area contributed by atoms with Crippen LogP contribution in [-0.4, -0.2) is 77.7 Å². The zero-order valence-electron chi connectivity index (χ0n) is 12.9. The van der Waals surface area contributed by atoms with Gasteiger partial charge in [-0.05, 0) is 31.5 Å². The molecular weight excluding hydrogens is 280 g/mol. The van der Waals surface area contributed by atoms with Crippen molar-refractivity contribution in [3.05, 3.63) is 24.4 Å². The lowest BCUT2D eigenvalue weighted by molar-refractivity contribution is -0.138. The summed E-state index contributed by atoms with van der Waals surface area (Å²) in [6, 6.07) is 6.53. The van der Waals surface area contributed by atoms with Crippen molar-refractivity contribution in [2.24, 2.45) is 0 Å². The molecule has 0 bridgehead atoms. The monoisotopic (exact) mass is 304 g/mol. The highest BCUT2D eigenvalue weighted by Crippen LogP contribution is 2.19. The van der Waals surface area contributed by atoms with Crippen LogP contribution < -0.4 is 4.90 Å². The van der Waals surface area contributed by atoms with Crippen molar-refractivity contribution in [2.45, 2.75) is 18.9 Å². The summed E-state index contributed by atoms with van der Waals surface area (Å²) in [5, 5.41) is 8.95. The van der Waals surface area contributed by atoms with E-state index in [1.165, 1.54) is 6.42 Å². The molecule has 1 aromatic rings. The average molecular weight is 304 g/mol. The number of piperidine rings is 1. The Bertz CT molecular complexity index is 488. The molecule has 2 aliphatic rings. The third-order valence-electron chi connectivity index (χ3n) is 4.64. The zero-order chi connectivity index (χ0) is 15.4. The number of carbonyl (C=O) groups is 1. The van der Waals surface area contributed by atoms with Gasteiger partial charge in [0.05, 0.1) is 6.54 Å². The van der Waals surface area contributed by atoms with Crippen molar-refractivity contribution in [1.29, 1.82) is 0 Å². The highest BCUT2D eigenvalue weighted by atomic mass is 16.4. The Morgan fingerprint density at radius 3 is 2.73 bits per heavy atom. The molecule has 0 saturated carbocycles. The van der Waals surface area contributed by atoms with Crippen LogP contribution in [0.25, 0.3) is 0 Å². The van der Waals surface area contributed by atoms with E-state index in [2.05, 4.69) is 25.8 Å². The maximum atomic E-state index is 10.9. The molecule has 3 heterocycles. The fourth-order valence-electron chi connectivity index (χ4n) is 3.52. The van der Waals surface area contributed by atoms with Crippen LogP contribution in [0.2, 0.25) is 0 Å². The van der Waals surface area contributed by atoms with Crippen LogP contribution in [0.5, 0.6) is 0 Å². The zero-order valence-corrected chi connectivity index (χ0v) is 12.9.